The first-order chi connectivity index (χ1) is 20.6. The van der Waals surface area contributed by atoms with Crippen molar-refractivity contribution in [3.8, 4) is 11.5 Å². The molecule has 1 aromatic heterocycles. The van der Waals surface area contributed by atoms with Gasteiger partial charge < -0.3 is 9.73 Å². The fraction of sp³-hybridized carbons (Fsp3) is 0.132. The summed E-state index contributed by atoms with van der Waals surface area (Å²) in [4.78, 5) is 4.85. The van der Waals surface area contributed by atoms with Crippen LogP contribution in [0.4, 0.5) is 0 Å². The second kappa shape index (κ2) is 9.86. The van der Waals surface area contributed by atoms with Crippen molar-refractivity contribution in [2.24, 2.45) is 5.41 Å². The normalized spacial score (nSPS) is 22.0. The Labute approximate surface area is 245 Å². The molecular weight excluding hydrogens is 514 g/mol. The number of hydrogen-bond donors (Lipinski definition) is 2. The summed E-state index contributed by atoms with van der Waals surface area (Å²) in [6.45, 7) is 2.34. The maximum Gasteiger partial charge on any atom is 0.227 e. The molecule has 4 heteroatoms. The van der Waals surface area contributed by atoms with Crippen LogP contribution in [0.5, 0.6) is 0 Å². The Hall–Kier alpha value is -4.93. The Balaban J connectivity index is 1.26. The highest BCUT2D eigenvalue weighted by Gasteiger charge is 2.35. The van der Waals surface area contributed by atoms with Gasteiger partial charge in [0.25, 0.3) is 0 Å². The molecule has 3 unspecified atom stereocenters. The molecule has 5 aromatic carbocycles. The fourth-order valence-electron chi connectivity index (χ4n) is 6.39. The molecule has 0 bridgehead atoms. The molecule has 0 amide bonds. The molecule has 0 saturated heterocycles. The lowest BCUT2D eigenvalue weighted by molar-refractivity contribution is 0.282. The third kappa shape index (κ3) is 4.23. The summed E-state index contributed by atoms with van der Waals surface area (Å²) in [5.74, 6) is 0.644. The predicted molar refractivity (Wildman–Crippen MR) is 173 cm³/mol. The Kier molecular flexibility index (Phi) is 5.83. The van der Waals surface area contributed by atoms with Crippen LogP contribution in [0.15, 0.2) is 138 Å². The lowest BCUT2D eigenvalue weighted by Crippen LogP contribution is -2.50. The van der Waals surface area contributed by atoms with Crippen molar-refractivity contribution in [2.45, 2.75) is 25.6 Å². The summed E-state index contributed by atoms with van der Waals surface area (Å²) in [6.07, 6.45) is 12.2. The molecule has 1 aliphatic heterocycles. The van der Waals surface area contributed by atoms with Crippen LogP contribution in [0.2, 0.25) is 0 Å². The number of benzene rings is 5. The second-order valence-electron chi connectivity index (χ2n) is 11.6. The Morgan fingerprint density at radius 1 is 0.810 bits per heavy atom. The molecule has 42 heavy (non-hydrogen) atoms. The van der Waals surface area contributed by atoms with Crippen LogP contribution in [0.25, 0.3) is 49.8 Å². The molecule has 2 aliphatic rings. The zero-order chi connectivity index (χ0) is 28.1. The molecule has 204 valence electrons. The molecule has 0 radical (unpaired) electrons. The fourth-order valence-corrected chi connectivity index (χ4v) is 6.39. The quantitative estimate of drug-likeness (QED) is 0.217. The molecule has 3 atom stereocenters. The van der Waals surface area contributed by atoms with E-state index in [0.29, 0.717) is 5.89 Å². The summed E-state index contributed by atoms with van der Waals surface area (Å²) in [7, 11) is 0. The van der Waals surface area contributed by atoms with Crippen molar-refractivity contribution in [3.63, 3.8) is 0 Å². The number of fused-ring (bicyclic) bond motifs is 5. The van der Waals surface area contributed by atoms with Crippen molar-refractivity contribution in [1.82, 2.24) is 15.6 Å². The van der Waals surface area contributed by atoms with Gasteiger partial charge in [-0.3, -0.25) is 5.32 Å². The summed E-state index contributed by atoms with van der Waals surface area (Å²) < 4.78 is 6.48. The summed E-state index contributed by atoms with van der Waals surface area (Å²) in [5, 5.41) is 12.3. The highest BCUT2D eigenvalue weighted by atomic mass is 16.3. The van der Waals surface area contributed by atoms with Gasteiger partial charge in [0.1, 0.15) is 11.7 Å². The van der Waals surface area contributed by atoms with E-state index in [9.17, 15) is 0 Å². The maximum atomic E-state index is 6.48. The van der Waals surface area contributed by atoms with E-state index in [4.69, 9.17) is 9.40 Å². The minimum atomic E-state index is -0.0696. The van der Waals surface area contributed by atoms with Crippen LogP contribution in [0.3, 0.4) is 0 Å². The zero-order valence-corrected chi connectivity index (χ0v) is 23.4. The molecular formula is C38H31N3O. The lowest BCUT2D eigenvalue weighted by Gasteiger charge is -2.41. The Bertz CT molecular complexity index is 2040. The smallest absolute Gasteiger partial charge is 0.227 e. The van der Waals surface area contributed by atoms with Gasteiger partial charge in [-0.05, 0) is 64.0 Å². The third-order valence-corrected chi connectivity index (χ3v) is 8.79. The van der Waals surface area contributed by atoms with Gasteiger partial charge in [-0.15, -0.1) is 0 Å². The number of allylic oxidation sites excluding steroid dienone is 3. The van der Waals surface area contributed by atoms with Crippen LogP contribution in [-0.2, 0) is 0 Å². The minimum Gasteiger partial charge on any atom is -0.435 e. The Morgan fingerprint density at radius 2 is 1.55 bits per heavy atom. The first-order valence-electron chi connectivity index (χ1n) is 14.6. The van der Waals surface area contributed by atoms with Gasteiger partial charge in [0, 0.05) is 28.1 Å². The van der Waals surface area contributed by atoms with Crippen molar-refractivity contribution in [2.75, 3.05) is 0 Å². The van der Waals surface area contributed by atoms with Gasteiger partial charge in [-0.25, -0.2) is 4.98 Å². The Morgan fingerprint density at radius 3 is 2.33 bits per heavy atom. The molecule has 0 fully saturated rings. The number of hydrogen-bond acceptors (Lipinski definition) is 4. The van der Waals surface area contributed by atoms with E-state index in [1.807, 2.05) is 30.3 Å². The van der Waals surface area contributed by atoms with Crippen LogP contribution < -0.4 is 10.6 Å². The van der Waals surface area contributed by atoms with Crippen LogP contribution >= 0.6 is 0 Å². The average molecular weight is 546 g/mol. The average Bonchev–Trinajstić information content (AvgIpc) is 3.50. The van der Waals surface area contributed by atoms with Crippen molar-refractivity contribution in [3.05, 3.63) is 145 Å². The summed E-state index contributed by atoms with van der Waals surface area (Å²) >= 11 is 0. The zero-order valence-electron chi connectivity index (χ0n) is 23.4. The van der Waals surface area contributed by atoms with E-state index in [-0.39, 0.29) is 17.6 Å². The third-order valence-electron chi connectivity index (χ3n) is 8.79. The van der Waals surface area contributed by atoms with Crippen LogP contribution in [0, 0.1) is 5.41 Å². The van der Waals surface area contributed by atoms with Gasteiger partial charge in [0.15, 0.2) is 5.58 Å². The van der Waals surface area contributed by atoms with Gasteiger partial charge in [-0.2, -0.15) is 0 Å². The first kappa shape index (κ1) is 24.8. The molecule has 0 spiro atoms. The molecule has 8 rings (SSSR count). The van der Waals surface area contributed by atoms with Crippen molar-refractivity contribution < 1.29 is 4.42 Å². The number of oxazole rings is 1. The summed E-state index contributed by atoms with van der Waals surface area (Å²) in [6, 6.07) is 36.2. The largest absolute Gasteiger partial charge is 0.435 e. The predicted octanol–water partition coefficient (Wildman–Crippen LogP) is 8.92. The molecule has 1 aliphatic carbocycles. The van der Waals surface area contributed by atoms with E-state index >= 15 is 0 Å². The minimum absolute atomic E-state index is 0.0292. The monoisotopic (exact) mass is 545 g/mol. The molecule has 4 nitrogen and oxygen atoms in total. The maximum absolute atomic E-state index is 6.48. The number of rotatable bonds is 4. The van der Waals surface area contributed by atoms with Crippen LogP contribution in [-0.4, -0.2) is 11.0 Å². The van der Waals surface area contributed by atoms with E-state index in [1.54, 1.807) is 0 Å². The standard InChI is InChI=1S/C38H31N3O/c1-38(21-9-4-10-22-38)33-24-32(26-11-5-2-6-12-26)39-36(41-33)29-18-16-25-15-17-27-19-20-31-35(34(27)30(25)23-29)42-37(40-31)28-13-7-3-8-14-28/h2-21,23-24,33,36,39,41H,22H2,1H3. The van der Waals surface area contributed by atoms with Gasteiger partial charge >= 0.3 is 0 Å². The molecule has 6 aromatic rings. The van der Waals surface area contributed by atoms with Gasteiger partial charge in [0.05, 0.1) is 0 Å². The van der Waals surface area contributed by atoms with Crippen molar-refractivity contribution in [1.29, 1.82) is 0 Å². The van der Waals surface area contributed by atoms with E-state index < -0.39 is 0 Å². The van der Waals surface area contributed by atoms with Gasteiger partial charge in [-0.1, -0.05) is 110 Å². The number of nitrogens with one attached hydrogen (secondary N) is 2. The topological polar surface area (TPSA) is 50.1 Å². The lowest BCUT2D eigenvalue weighted by atomic mass is 9.75. The van der Waals surface area contributed by atoms with E-state index in [0.717, 1.165) is 44.9 Å². The highest BCUT2D eigenvalue weighted by Crippen LogP contribution is 2.39. The van der Waals surface area contributed by atoms with E-state index in [1.165, 1.54) is 16.5 Å². The SMILES string of the molecule is CC1(C2C=C(c3ccccc3)NC(c3ccc4ccc5ccc6nc(-c7ccccc7)oc6c5c4c3)N2)C=CC=CC1. The molecule has 2 heterocycles. The first-order valence-corrected chi connectivity index (χ1v) is 14.6. The van der Waals surface area contributed by atoms with Gasteiger partial charge in [0.2, 0.25) is 5.89 Å². The van der Waals surface area contributed by atoms with Crippen LogP contribution in [0.1, 0.15) is 30.6 Å². The number of aromatic nitrogens is 1. The summed E-state index contributed by atoms with van der Waals surface area (Å²) in [5.41, 5.74) is 6.16. The second-order valence-corrected chi connectivity index (χ2v) is 11.6. The highest BCUT2D eigenvalue weighted by molar-refractivity contribution is 6.18. The number of nitrogens with zero attached hydrogens (tertiary/aromatic N) is 1. The van der Waals surface area contributed by atoms with Crippen molar-refractivity contribution >= 4 is 38.3 Å². The van der Waals surface area contributed by atoms with E-state index in [2.05, 4.69) is 121 Å². The molecule has 0 saturated carbocycles. The molecule has 2 N–H and O–H groups in total.